The van der Waals surface area contributed by atoms with Crippen molar-refractivity contribution >= 4 is 23.7 Å². The monoisotopic (exact) mass is 318 g/mol. The number of aromatic hydroxyl groups is 1. The first kappa shape index (κ1) is 15.9. The van der Waals surface area contributed by atoms with Crippen molar-refractivity contribution in [3.8, 4) is 11.5 Å². The highest BCUT2D eigenvalue weighted by Crippen LogP contribution is 2.17. The van der Waals surface area contributed by atoms with Crippen LogP contribution in [0.4, 0.5) is 0 Å². The predicted octanol–water partition coefficient (Wildman–Crippen LogP) is 2.88. The van der Waals surface area contributed by atoms with Gasteiger partial charge in [-0.05, 0) is 42.8 Å². The minimum Gasteiger partial charge on any atom is -0.507 e. The molecule has 6 heteroatoms. The number of nitrogens with one attached hydrogen (secondary N) is 1. The summed E-state index contributed by atoms with van der Waals surface area (Å²) in [5, 5.41) is 14.0. The average Bonchev–Trinajstić information content (AvgIpc) is 2.47. The maximum absolute atomic E-state index is 11.6. The molecule has 114 valence electrons. The molecule has 2 aromatic rings. The van der Waals surface area contributed by atoms with Crippen LogP contribution < -0.4 is 10.2 Å². The number of ether oxygens (including phenoxy) is 1. The molecule has 0 aliphatic rings. The Labute approximate surface area is 133 Å². The molecular formula is C16H15ClN2O3. The van der Waals surface area contributed by atoms with Gasteiger partial charge in [0.05, 0.1) is 6.21 Å². The Kier molecular flexibility index (Phi) is 5.38. The van der Waals surface area contributed by atoms with Gasteiger partial charge in [-0.25, -0.2) is 5.43 Å². The van der Waals surface area contributed by atoms with E-state index in [2.05, 4.69) is 10.5 Å². The van der Waals surface area contributed by atoms with Gasteiger partial charge in [-0.3, -0.25) is 4.79 Å². The highest BCUT2D eigenvalue weighted by molar-refractivity contribution is 6.30. The molecule has 0 bridgehead atoms. The van der Waals surface area contributed by atoms with Gasteiger partial charge in [0.15, 0.2) is 6.61 Å². The molecule has 0 fully saturated rings. The van der Waals surface area contributed by atoms with Crippen molar-refractivity contribution in [3.63, 3.8) is 0 Å². The summed E-state index contributed by atoms with van der Waals surface area (Å²) >= 11 is 5.81. The Morgan fingerprint density at radius 2 is 2.18 bits per heavy atom. The molecule has 22 heavy (non-hydrogen) atoms. The first-order valence-corrected chi connectivity index (χ1v) is 6.92. The van der Waals surface area contributed by atoms with Crippen LogP contribution in [-0.2, 0) is 4.79 Å². The molecule has 0 unspecified atom stereocenters. The summed E-state index contributed by atoms with van der Waals surface area (Å²) < 4.78 is 5.27. The zero-order valence-corrected chi connectivity index (χ0v) is 12.7. The van der Waals surface area contributed by atoms with Crippen molar-refractivity contribution < 1.29 is 14.6 Å². The number of carbonyl (C=O) groups excluding carboxylic acids is 1. The number of phenolic OH excluding ortho intramolecular Hbond substituents is 1. The number of benzene rings is 2. The Morgan fingerprint density at radius 3 is 2.91 bits per heavy atom. The first-order chi connectivity index (χ1) is 10.5. The van der Waals surface area contributed by atoms with Gasteiger partial charge in [-0.1, -0.05) is 23.7 Å². The van der Waals surface area contributed by atoms with Gasteiger partial charge in [0.2, 0.25) is 0 Å². The lowest BCUT2D eigenvalue weighted by Gasteiger charge is -2.05. The fraction of sp³-hybridized carbons (Fsp3) is 0.125. The second-order valence-corrected chi connectivity index (χ2v) is 5.04. The van der Waals surface area contributed by atoms with Crippen LogP contribution in [0.25, 0.3) is 0 Å². The number of carbonyl (C=O) groups is 1. The number of nitrogens with zero attached hydrogens (tertiary/aromatic N) is 1. The lowest BCUT2D eigenvalue weighted by molar-refractivity contribution is -0.123. The summed E-state index contributed by atoms with van der Waals surface area (Å²) in [5.41, 5.74) is 3.77. The minimum atomic E-state index is -0.414. The zero-order valence-electron chi connectivity index (χ0n) is 11.9. The summed E-state index contributed by atoms with van der Waals surface area (Å²) in [6, 6.07) is 11.9. The van der Waals surface area contributed by atoms with Crippen LogP contribution in [0.3, 0.4) is 0 Å². The molecule has 0 aromatic heterocycles. The summed E-state index contributed by atoms with van der Waals surface area (Å²) in [7, 11) is 0. The number of amides is 1. The fourth-order valence-electron chi connectivity index (χ4n) is 1.67. The number of halogens is 1. The third-order valence-electron chi connectivity index (χ3n) is 2.74. The summed E-state index contributed by atoms with van der Waals surface area (Å²) in [4.78, 5) is 11.6. The number of aryl methyl sites for hydroxylation is 1. The first-order valence-electron chi connectivity index (χ1n) is 6.54. The van der Waals surface area contributed by atoms with Gasteiger partial charge in [-0.15, -0.1) is 0 Å². The third kappa shape index (κ3) is 4.79. The quantitative estimate of drug-likeness (QED) is 0.658. The van der Waals surface area contributed by atoms with Gasteiger partial charge >= 0.3 is 0 Å². The van der Waals surface area contributed by atoms with Crippen LogP contribution in [-0.4, -0.2) is 23.8 Å². The van der Waals surface area contributed by atoms with Crippen LogP contribution in [0.5, 0.6) is 11.5 Å². The lowest BCUT2D eigenvalue weighted by Crippen LogP contribution is -2.24. The van der Waals surface area contributed by atoms with Crippen LogP contribution in [0.2, 0.25) is 5.02 Å². The Hall–Kier alpha value is -2.53. The molecule has 0 aliphatic heterocycles. The van der Waals surface area contributed by atoms with Crippen molar-refractivity contribution in [1.29, 1.82) is 0 Å². The number of hydrazone groups is 1. The van der Waals surface area contributed by atoms with Gasteiger partial charge in [0.25, 0.3) is 5.91 Å². The number of hydrogen-bond donors (Lipinski definition) is 2. The number of phenols is 1. The van der Waals surface area contributed by atoms with E-state index in [4.69, 9.17) is 16.3 Å². The Morgan fingerprint density at radius 1 is 1.36 bits per heavy atom. The molecule has 5 nitrogen and oxygen atoms in total. The van der Waals surface area contributed by atoms with E-state index < -0.39 is 5.91 Å². The minimum absolute atomic E-state index is 0.105. The molecule has 0 spiro atoms. The van der Waals surface area contributed by atoms with E-state index in [0.29, 0.717) is 16.3 Å². The Bertz CT molecular complexity index is 702. The van der Waals surface area contributed by atoms with E-state index in [1.807, 2.05) is 13.0 Å². The smallest absolute Gasteiger partial charge is 0.277 e. The van der Waals surface area contributed by atoms with Crippen molar-refractivity contribution in [2.75, 3.05) is 6.61 Å². The molecule has 0 heterocycles. The molecule has 0 atom stereocenters. The van der Waals surface area contributed by atoms with Crippen molar-refractivity contribution in [2.24, 2.45) is 5.10 Å². The average molecular weight is 319 g/mol. The summed E-state index contributed by atoms with van der Waals surface area (Å²) in [6.07, 6.45) is 1.37. The SMILES string of the molecule is Cc1ccc(/C=N\NC(=O)COc2cccc(Cl)c2)c(O)c1. The number of rotatable bonds is 5. The van der Waals surface area contributed by atoms with E-state index in [0.717, 1.165) is 5.56 Å². The lowest BCUT2D eigenvalue weighted by atomic mass is 10.1. The third-order valence-corrected chi connectivity index (χ3v) is 2.98. The van der Waals surface area contributed by atoms with E-state index in [1.54, 1.807) is 36.4 Å². The van der Waals surface area contributed by atoms with Gasteiger partial charge in [0, 0.05) is 10.6 Å². The van der Waals surface area contributed by atoms with Crippen LogP contribution in [0, 0.1) is 6.92 Å². The molecule has 1 amide bonds. The zero-order chi connectivity index (χ0) is 15.9. The highest BCUT2D eigenvalue weighted by atomic mass is 35.5. The second kappa shape index (κ2) is 7.47. The van der Waals surface area contributed by atoms with Crippen LogP contribution >= 0.6 is 11.6 Å². The van der Waals surface area contributed by atoms with E-state index in [-0.39, 0.29) is 12.4 Å². The van der Waals surface area contributed by atoms with Gasteiger partial charge < -0.3 is 9.84 Å². The van der Waals surface area contributed by atoms with Crippen molar-refractivity contribution in [1.82, 2.24) is 5.43 Å². The van der Waals surface area contributed by atoms with Gasteiger partial charge in [-0.2, -0.15) is 5.10 Å². The highest BCUT2D eigenvalue weighted by Gasteiger charge is 2.02. The molecule has 0 aliphatic carbocycles. The van der Waals surface area contributed by atoms with Gasteiger partial charge in [0.1, 0.15) is 11.5 Å². The number of hydrogen-bond acceptors (Lipinski definition) is 4. The molecule has 0 saturated carbocycles. The molecular weight excluding hydrogens is 304 g/mol. The molecule has 0 saturated heterocycles. The van der Waals surface area contributed by atoms with Crippen molar-refractivity contribution in [3.05, 3.63) is 58.6 Å². The maximum Gasteiger partial charge on any atom is 0.277 e. The predicted molar refractivity (Wildman–Crippen MR) is 85.5 cm³/mol. The van der Waals surface area contributed by atoms with Crippen LogP contribution in [0.1, 0.15) is 11.1 Å². The topological polar surface area (TPSA) is 70.9 Å². The molecule has 2 rings (SSSR count). The second-order valence-electron chi connectivity index (χ2n) is 4.60. The fourth-order valence-corrected chi connectivity index (χ4v) is 1.85. The standard InChI is InChI=1S/C16H15ClN2O3/c1-11-5-6-12(15(20)7-11)9-18-19-16(21)10-22-14-4-2-3-13(17)8-14/h2-9,20H,10H2,1H3,(H,19,21)/b18-9-. The van der Waals surface area contributed by atoms with E-state index in [1.165, 1.54) is 6.21 Å². The van der Waals surface area contributed by atoms with Crippen molar-refractivity contribution in [2.45, 2.75) is 6.92 Å². The normalized spacial score (nSPS) is 10.6. The molecule has 0 radical (unpaired) electrons. The maximum atomic E-state index is 11.6. The largest absolute Gasteiger partial charge is 0.507 e. The van der Waals surface area contributed by atoms with Crippen LogP contribution in [0.15, 0.2) is 47.6 Å². The van der Waals surface area contributed by atoms with E-state index in [9.17, 15) is 9.90 Å². The summed E-state index contributed by atoms with van der Waals surface area (Å²) in [6.45, 7) is 1.69. The summed E-state index contributed by atoms with van der Waals surface area (Å²) in [5.74, 6) is 0.193. The Balaban J connectivity index is 1.83. The molecule has 2 aromatic carbocycles. The molecule has 2 N–H and O–H groups in total. The van der Waals surface area contributed by atoms with E-state index >= 15 is 0 Å².